The van der Waals surface area contributed by atoms with Crippen LogP contribution < -0.4 is 5.32 Å². The van der Waals surface area contributed by atoms with E-state index in [0.29, 0.717) is 15.7 Å². The Morgan fingerprint density at radius 2 is 2.00 bits per heavy atom. The number of amides is 1. The van der Waals surface area contributed by atoms with Gasteiger partial charge in [0.05, 0.1) is 9.72 Å². The smallest absolute Gasteiger partial charge is 0.257 e. The average Bonchev–Trinajstić information content (AvgIpc) is 2.86. The van der Waals surface area contributed by atoms with Crippen molar-refractivity contribution in [1.82, 2.24) is 4.98 Å². The van der Waals surface area contributed by atoms with Crippen LogP contribution in [0.25, 0.3) is 10.2 Å². The molecule has 0 unspecified atom stereocenters. The third-order valence-electron chi connectivity index (χ3n) is 3.36. The van der Waals surface area contributed by atoms with Gasteiger partial charge in [0.15, 0.2) is 5.13 Å². The number of nitrogens with zero attached hydrogens (tertiary/aromatic N) is 1. The lowest BCUT2D eigenvalue weighted by atomic mass is 10.1. The number of aromatic nitrogens is 1. The molecule has 5 heteroatoms. The molecule has 0 aliphatic carbocycles. The zero-order valence-corrected chi connectivity index (χ0v) is 13.2. The van der Waals surface area contributed by atoms with Gasteiger partial charge in [-0.05, 0) is 49.2 Å². The predicted octanol–water partition coefficient (Wildman–Crippen LogP) is 4.82. The molecular formula is C16H13ClN2OS. The standard InChI is InChI=1S/C16H13ClN2OS/c1-9-6-7-11(8-10(9)2)15(20)19-16-18-14-12(17)4-3-5-13(14)21-16/h3-8H,1-2H3,(H,18,19,20). The molecule has 0 saturated heterocycles. The number of anilines is 1. The maximum Gasteiger partial charge on any atom is 0.257 e. The van der Waals surface area contributed by atoms with Crippen molar-refractivity contribution in [2.75, 3.05) is 5.32 Å². The van der Waals surface area contributed by atoms with Crippen molar-refractivity contribution in [2.45, 2.75) is 13.8 Å². The molecule has 3 nitrogen and oxygen atoms in total. The fourth-order valence-electron chi connectivity index (χ4n) is 2.02. The molecule has 1 amide bonds. The van der Waals surface area contributed by atoms with Gasteiger partial charge in [-0.3, -0.25) is 10.1 Å². The number of carbonyl (C=O) groups excluding carboxylic acids is 1. The molecule has 21 heavy (non-hydrogen) atoms. The summed E-state index contributed by atoms with van der Waals surface area (Å²) in [6, 6.07) is 11.2. The van der Waals surface area contributed by atoms with E-state index in [1.807, 2.05) is 44.2 Å². The van der Waals surface area contributed by atoms with E-state index in [-0.39, 0.29) is 5.91 Å². The second-order valence-electron chi connectivity index (χ2n) is 4.86. The van der Waals surface area contributed by atoms with Crippen LogP contribution in [0.2, 0.25) is 5.02 Å². The predicted molar refractivity (Wildman–Crippen MR) is 88.5 cm³/mol. The van der Waals surface area contributed by atoms with E-state index in [1.54, 1.807) is 6.07 Å². The molecular weight excluding hydrogens is 304 g/mol. The van der Waals surface area contributed by atoms with Crippen LogP contribution in [0.3, 0.4) is 0 Å². The zero-order valence-electron chi connectivity index (χ0n) is 11.6. The Labute approximate surface area is 131 Å². The first-order valence-electron chi connectivity index (χ1n) is 6.48. The van der Waals surface area contributed by atoms with Gasteiger partial charge in [-0.15, -0.1) is 0 Å². The monoisotopic (exact) mass is 316 g/mol. The summed E-state index contributed by atoms with van der Waals surface area (Å²) in [7, 11) is 0. The Morgan fingerprint density at radius 3 is 2.71 bits per heavy atom. The first-order chi connectivity index (χ1) is 10.0. The number of aryl methyl sites for hydroxylation is 2. The summed E-state index contributed by atoms with van der Waals surface area (Å²) in [5.41, 5.74) is 3.61. The van der Waals surface area contributed by atoms with Crippen LogP contribution in [0.4, 0.5) is 5.13 Å². The summed E-state index contributed by atoms with van der Waals surface area (Å²) in [6.07, 6.45) is 0. The lowest BCUT2D eigenvalue weighted by Gasteiger charge is -2.04. The van der Waals surface area contributed by atoms with Gasteiger partial charge in [0, 0.05) is 5.56 Å². The lowest BCUT2D eigenvalue weighted by molar-refractivity contribution is 0.102. The SMILES string of the molecule is Cc1ccc(C(=O)Nc2nc3c(Cl)cccc3s2)cc1C. The van der Waals surface area contributed by atoms with E-state index in [1.165, 1.54) is 16.9 Å². The van der Waals surface area contributed by atoms with Gasteiger partial charge in [-0.1, -0.05) is 35.1 Å². The maximum atomic E-state index is 12.3. The maximum absolute atomic E-state index is 12.3. The number of hydrogen-bond acceptors (Lipinski definition) is 3. The molecule has 0 radical (unpaired) electrons. The molecule has 0 spiro atoms. The number of rotatable bonds is 2. The molecule has 1 heterocycles. The minimum atomic E-state index is -0.159. The largest absolute Gasteiger partial charge is 0.298 e. The Balaban J connectivity index is 1.89. The molecule has 1 aromatic heterocycles. The van der Waals surface area contributed by atoms with E-state index in [9.17, 15) is 4.79 Å². The van der Waals surface area contributed by atoms with E-state index >= 15 is 0 Å². The van der Waals surface area contributed by atoms with Crippen molar-refractivity contribution in [3.05, 3.63) is 58.1 Å². The van der Waals surface area contributed by atoms with Crippen LogP contribution in [0.15, 0.2) is 36.4 Å². The summed E-state index contributed by atoms with van der Waals surface area (Å²) in [5.74, 6) is -0.159. The third-order valence-corrected chi connectivity index (χ3v) is 4.60. The van der Waals surface area contributed by atoms with E-state index < -0.39 is 0 Å². The molecule has 0 aliphatic heterocycles. The van der Waals surface area contributed by atoms with E-state index in [0.717, 1.165) is 15.8 Å². The molecule has 106 valence electrons. The Morgan fingerprint density at radius 1 is 1.19 bits per heavy atom. The number of hydrogen-bond donors (Lipinski definition) is 1. The summed E-state index contributed by atoms with van der Waals surface area (Å²) < 4.78 is 0.956. The van der Waals surface area contributed by atoms with Gasteiger partial charge >= 0.3 is 0 Å². The number of halogens is 1. The number of nitrogens with one attached hydrogen (secondary N) is 1. The van der Waals surface area contributed by atoms with Crippen molar-refractivity contribution < 1.29 is 4.79 Å². The van der Waals surface area contributed by atoms with Crippen molar-refractivity contribution in [3.63, 3.8) is 0 Å². The quantitative estimate of drug-likeness (QED) is 0.736. The normalized spacial score (nSPS) is 10.8. The van der Waals surface area contributed by atoms with Crippen molar-refractivity contribution in [1.29, 1.82) is 0 Å². The van der Waals surface area contributed by atoms with Gasteiger partial charge in [-0.25, -0.2) is 4.98 Å². The summed E-state index contributed by atoms with van der Waals surface area (Å²) in [5, 5.41) is 3.98. The second kappa shape index (κ2) is 5.47. The molecule has 3 aromatic rings. The Hall–Kier alpha value is -1.91. The first-order valence-corrected chi connectivity index (χ1v) is 7.68. The zero-order chi connectivity index (χ0) is 15.0. The van der Waals surface area contributed by atoms with Crippen LogP contribution in [0.1, 0.15) is 21.5 Å². The van der Waals surface area contributed by atoms with Gasteiger partial charge in [0.25, 0.3) is 5.91 Å². The number of fused-ring (bicyclic) bond motifs is 1. The van der Waals surface area contributed by atoms with Gasteiger partial charge in [-0.2, -0.15) is 0 Å². The number of carbonyl (C=O) groups is 1. The minimum absolute atomic E-state index is 0.159. The summed E-state index contributed by atoms with van der Waals surface area (Å²) >= 11 is 7.51. The third kappa shape index (κ3) is 2.77. The molecule has 2 aromatic carbocycles. The first kappa shape index (κ1) is 14.0. The van der Waals surface area contributed by atoms with Gasteiger partial charge in [0.1, 0.15) is 5.52 Å². The van der Waals surface area contributed by atoms with Crippen LogP contribution >= 0.6 is 22.9 Å². The topological polar surface area (TPSA) is 42.0 Å². The van der Waals surface area contributed by atoms with Gasteiger partial charge in [0.2, 0.25) is 0 Å². The fraction of sp³-hybridized carbons (Fsp3) is 0.125. The van der Waals surface area contributed by atoms with Crippen molar-refractivity contribution in [2.24, 2.45) is 0 Å². The summed E-state index contributed by atoms with van der Waals surface area (Å²) in [6.45, 7) is 4.01. The highest BCUT2D eigenvalue weighted by Crippen LogP contribution is 2.30. The molecule has 0 fully saturated rings. The minimum Gasteiger partial charge on any atom is -0.298 e. The molecule has 0 saturated carbocycles. The fourth-order valence-corrected chi connectivity index (χ4v) is 3.18. The highest BCUT2D eigenvalue weighted by molar-refractivity contribution is 7.22. The summed E-state index contributed by atoms with van der Waals surface area (Å²) in [4.78, 5) is 16.6. The average molecular weight is 317 g/mol. The number of benzene rings is 2. The molecule has 1 N–H and O–H groups in total. The van der Waals surface area contributed by atoms with Gasteiger partial charge < -0.3 is 0 Å². The van der Waals surface area contributed by atoms with Crippen molar-refractivity contribution in [3.8, 4) is 0 Å². The van der Waals surface area contributed by atoms with Crippen LogP contribution in [0.5, 0.6) is 0 Å². The molecule has 0 atom stereocenters. The molecule has 3 rings (SSSR count). The Kier molecular flexibility index (Phi) is 3.66. The van der Waals surface area contributed by atoms with E-state index in [4.69, 9.17) is 11.6 Å². The van der Waals surface area contributed by atoms with Crippen LogP contribution in [-0.2, 0) is 0 Å². The highest BCUT2D eigenvalue weighted by Gasteiger charge is 2.11. The number of para-hydroxylation sites is 1. The van der Waals surface area contributed by atoms with E-state index in [2.05, 4.69) is 10.3 Å². The number of thiazole rings is 1. The Bertz CT molecular complexity index is 841. The molecule has 0 aliphatic rings. The molecule has 0 bridgehead atoms. The lowest BCUT2D eigenvalue weighted by Crippen LogP contribution is -2.11. The van der Waals surface area contributed by atoms with Crippen molar-refractivity contribution >= 4 is 44.2 Å². The second-order valence-corrected chi connectivity index (χ2v) is 6.30. The highest BCUT2D eigenvalue weighted by atomic mass is 35.5. The van der Waals surface area contributed by atoms with Crippen LogP contribution in [0, 0.1) is 13.8 Å². The van der Waals surface area contributed by atoms with Crippen LogP contribution in [-0.4, -0.2) is 10.9 Å².